The van der Waals surface area contributed by atoms with Gasteiger partial charge in [0.05, 0.1) is 19.9 Å². The molecule has 0 aliphatic rings. The van der Waals surface area contributed by atoms with Crippen LogP contribution in [0.1, 0.15) is 26.3 Å². The number of carbonyl (C=O) groups is 2. The first kappa shape index (κ1) is 19.9. The Bertz CT molecular complexity index is 1010. The van der Waals surface area contributed by atoms with E-state index < -0.39 is 0 Å². The molecule has 0 aliphatic carbocycles. The molecule has 6 nitrogen and oxygen atoms in total. The summed E-state index contributed by atoms with van der Waals surface area (Å²) in [6.45, 7) is 1.98. The Morgan fingerprint density at radius 1 is 0.724 bits per heavy atom. The van der Waals surface area contributed by atoms with Crippen LogP contribution >= 0.6 is 0 Å². The molecule has 0 fully saturated rings. The zero-order chi connectivity index (χ0) is 20.8. The van der Waals surface area contributed by atoms with Gasteiger partial charge in [-0.25, -0.2) is 0 Å². The van der Waals surface area contributed by atoms with E-state index in [1.165, 1.54) is 7.11 Å². The number of anilines is 2. The van der Waals surface area contributed by atoms with Crippen LogP contribution in [0.4, 0.5) is 11.4 Å². The van der Waals surface area contributed by atoms with E-state index in [1.807, 2.05) is 31.2 Å². The SMILES string of the molecule is COc1ccc(OC)c(NC(=O)c2ccc(C(=O)Nc3ccc(C)cc3)cc2)c1. The Hall–Kier alpha value is -3.80. The predicted molar refractivity (Wildman–Crippen MR) is 113 cm³/mol. The highest BCUT2D eigenvalue weighted by Gasteiger charge is 2.12. The van der Waals surface area contributed by atoms with E-state index in [0.717, 1.165) is 5.56 Å². The monoisotopic (exact) mass is 390 g/mol. The van der Waals surface area contributed by atoms with E-state index in [4.69, 9.17) is 9.47 Å². The van der Waals surface area contributed by atoms with Crippen LogP contribution in [0.2, 0.25) is 0 Å². The van der Waals surface area contributed by atoms with E-state index in [9.17, 15) is 9.59 Å². The summed E-state index contributed by atoms with van der Waals surface area (Å²) in [5, 5.41) is 5.63. The molecule has 2 N–H and O–H groups in total. The molecule has 0 saturated carbocycles. The third kappa shape index (κ3) is 4.93. The average Bonchev–Trinajstić information content (AvgIpc) is 2.75. The summed E-state index contributed by atoms with van der Waals surface area (Å²) in [6.07, 6.45) is 0. The summed E-state index contributed by atoms with van der Waals surface area (Å²) >= 11 is 0. The summed E-state index contributed by atoms with van der Waals surface area (Å²) in [5.74, 6) is 0.565. The third-order valence-electron chi connectivity index (χ3n) is 4.37. The van der Waals surface area contributed by atoms with Crippen LogP contribution in [0.25, 0.3) is 0 Å². The molecule has 3 rings (SSSR count). The van der Waals surface area contributed by atoms with Gasteiger partial charge < -0.3 is 20.1 Å². The van der Waals surface area contributed by atoms with Crippen molar-refractivity contribution < 1.29 is 19.1 Å². The highest BCUT2D eigenvalue weighted by molar-refractivity contribution is 6.07. The molecular weight excluding hydrogens is 368 g/mol. The smallest absolute Gasteiger partial charge is 0.255 e. The average molecular weight is 390 g/mol. The van der Waals surface area contributed by atoms with Crippen molar-refractivity contribution in [1.82, 2.24) is 0 Å². The molecule has 29 heavy (non-hydrogen) atoms. The van der Waals surface area contributed by atoms with Gasteiger partial charge in [-0.1, -0.05) is 17.7 Å². The number of rotatable bonds is 6. The number of nitrogens with one attached hydrogen (secondary N) is 2. The third-order valence-corrected chi connectivity index (χ3v) is 4.37. The lowest BCUT2D eigenvalue weighted by Gasteiger charge is -2.12. The highest BCUT2D eigenvalue weighted by atomic mass is 16.5. The first-order valence-electron chi connectivity index (χ1n) is 9.01. The van der Waals surface area contributed by atoms with Crippen LogP contribution in [0.3, 0.4) is 0 Å². The van der Waals surface area contributed by atoms with Gasteiger partial charge in [0.25, 0.3) is 11.8 Å². The fraction of sp³-hybridized carbons (Fsp3) is 0.130. The predicted octanol–water partition coefficient (Wildman–Crippen LogP) is 4.52. The van der Waals surface area contributed by atoms with Crippen molar-refractivity contribution in [2.24, 2.45) is 0 Å². The fourth-order valence-electron chi connectivity index (χ4n) is 2.72. The van der Waals surface area contributed by atoms with Gasteiger partial charge in [0.1, 0.15) is 11.5 Å². The fourth-order valence-corrected chi connectivity index (χ4v) is 2.72. The lowest BCUT2D eigenvalue weighted by Crippen LogP contribution is -2.14. The van der Waals surface area contributed by atoms with Crippen LogP contribution in [0, 0.1) is 6.92 Å². The molecule has 6 heteroatoms. The van der Waals surface area contributed by atoms with Gasteiger partial charge in [-0.15, -0.1) is 0 Å². The van der Waals surface area contributed by atoms with Crippen LogP contribution < -0.4 is 20.1 Å². The lowest BCUT2D eigenvalue weighted by atomic mass is 10.1. The number of aryl methyl sites for hydroxylation is 1. The Labute approximate surface area is 169 Å². The number of carbonyl (C=O) groups excluding carboxylic acids is 2. The summed E-state index contributed by atoms with van der Waals surface area (Å²) in [5.41, 5.74) is 3.21. The van der Waals surface area contributed by atoms with Gasteiger partial charge >= 0.3 is 0 Å². The minimum Gasteiger partial charge on any atom is -0.497 e. The van der Waals surface area contributed by atoms with Gasteiger partial charge in [0, 0.05) is 22.9 Å². The molecule has 0 spiro atoms. The van der Waals surface area contributed by atoms with Crippen molar-refractivity contribution in [3.63, 3.8) is 0 Å². The molecule has 0 atom stereocenters. The molecular formula is C23H22N2O4. The maximum absolute atomic E-state index is 12.6. The molecule has 0 unspecified atom stereocenters. The molecule has 0 radical (unpaired) electrons. The molecule has 0 aliphatic heterocycles. The Kier molecular flexibility index (Phi) is 6.14. The van der Waals surface area contributed by atoms with Crippen molar-refractivity contribution in [2.45, 2.75) is 6.92 Å². The quantitative estimate of drug-likeness (QED) is 0.649. The van der Waals surface area contributed by atoms with E-state index >= 15 is 0 Å². The van der Waals surface area contributed by atoms with Gasteiger partial charge in [-0.05, 0) is 55.5 Å². The van der Waals surface area contributed by atoms with Crippen LogP contribution in [-0.2, 0) is 0 Å². The van der Waals surface area contributed by atoms with Crippen molar-refractivity contribution >= 4 is 23.2 Å². The second kappa shape index (κ2) is 8.93. The topological polar surface area (TPSA) is 76.7 Å². The molecule has 3 aromatic rings. The lowest BCUT2D eigenvalue weighted by molar-refractivity contribution is 0.101. The zero-order valence-corrected chi connectivity index (χ0v) is 16.5. The summed E-state index contributed by atoms with van der Waals surface area (Å²) < 4.78 is 10.5. The van der Waals surface area contributed by atoms with Crippen molar-refractivity contribution in [3.05, 3.63) is 83.4 Å². The molecule has 0 aromatic heterocycles. The number of benzene rings is 3. The minimum absolute atomic E-state index is 0.240. The largest absolute Gasteiger partial charge is 0.497 e. The van der Waals surface area contributed by atoms with Gasteiger partial charge in [0.15, 0.2) is 0 Å². The normalized spacial score (nSPS) is 10.2. The number of hydrogen-bond donors (Lipinski definition) is 2. The maximum atomic E-state index is 12.6. The van der Waals surface area contributed by atoms with E-state index in [1.54, 1.807) is 49.6 Å². The summed E-state index contributed by atoms with van der Waals surface area (Å²) in [7, 11) is 3.08. The summed E-state index contributed by atoms with van der Waals surface area (Å²) in [6, 6.07) is 19.1. The first-order chi connectivity index (χ1) is 14.0. The van der Waals surface area contributed by atoms with Crippen LogP contribution in [0.15, 0.2) is 66.7 Å². The van der Waals surface area contributed by atoms with Gasteiger partial charge in [-0.3, -0.25) is 9.59 Å². The minimum atomic E-state index is -0.318. The number of hydrogen-bond acceptors (Lipinski definition) is 4. The molecule has 0 saturated heterocycles. The molecule has 3 aromatic carbocycles. The van der Waals surface area contributed by atoms with E-state index in [0.29, 0.717) is 34.0 Å². The maximum Gasteiger partial charge on any atom is 0.255 e. The number of ether oxygens (including phenoxy) is 2. The second-order valence-electron chi connectivity index (χ2n) is 6.42. The number of methoxy groups -OCH3 is 2. The molecule has 148 valence electrons. The van der Waals surface area contributed by atoms with Crippen molar-refractivity contribution in [2.75, 3.05) is 24.9 Å². The molecule has 0 bridgehead atoms. The first-order valence-corrected chi connectivity index (χ1v) is 9.01. The van der Waals surface area contributed by atoms with Gasteiger partial charge in [-0.2, -0.15) is 0 Å². The number of amides is 2. The standard InChI is InChI=1S/C23H22N2O4/c1-15-4-10-18(11-5-15)24-22(26)16-6-8-17(9-7-16)23(27)25-20-14-19(28-2)12-13-21(20)29-3/h4-14H,1-3H3,(H,24,26)(H,25,27). The Balaban J connectivity index is 1.70. The zero-order valence-electron chi connectivity index (χ0n) is 16.5. The molecule has 0 heterocycles. The molecule has 2 amide bonds. The summed E-state index contributed by atoms with van der Waals surface area (Å²) in [4.78, 5) is 25.0. The van der Waals surface area contributed by atoms with Crippen LogP contribution in [0.5, 0.6) is 11.5 Å². The Morgan fingerprint density at radius 3 is 1.86 bits per heavy atom. The van der Waals surface area contributed by atoms with Gasteiger partial charge in [0.2, 0.25) is 0 Å². The Morgan fingerprint density at radius 2 is 1.31 bits per heavy atom. The van der Waals surface area contributed by atoms with E-state index in [2.05, 4.69) is 10.6 Å². The highest BCUT2D eigenvalue weighted by Crippen LogP contribution is 2.29. The van der Waals surface area contributed by atoms with Crippen molar-refractivity contribution in [3.8, 4) is 11.5 Å². The van der Waals surface area contributed by atoms with E-state index in [-0.39, 0.29) is 11.8 Å². The van der Waals surface area contributed by atoms with Crippen molar-refractivity contribution in [1.29, 1.82) is 0 Å². The second-order valence-corrected chi connectivity index (χ2v) is 6.42. The van der Waals surface area contributed by atoms with Crippen LogP contribution in [-0.4, -0.2) is 26.0 Å².